The number of carbonyl (C=O) groups is 1. The number of hydrogen-bond donors (Lipinski definition) is 1. The van der Waals surface area contributed by atoms with E-state index in [0.29, 0.717) is 29.2 Å². The highest BCUT2D eigenvalue weighted by Gasteiger charge is 2.12. The molecule has 2 aromatic heterocycles. The van der Waals surface area contributed by atoms with Crippen molar-refractivity contribution in [2.45, 2.75) is 6.54 Å². The standard InChI is InChI=1S/C15H17N5O2/c1-19(2)15-18-12-6-10(4-5-13(12)22-15)14(21)17-8-11-7-16-9-20(11)3/h4-7,9H,8H2,1-3H3,(H,17,21). The third-order valence-electron chi connectivity index (χ3n) is 3.37. The molecule has 0 radical (unpaired) electrons. The molecule has 3 aromatic rings. The van der Waals surface area contributed by atoms with Gasteiger partial charge in [0.25, 0.3) is 11.9 Å². The molecule has 3 rings (SSSR count). The lowest BCUT2D eigenvalue weighted by molar-refractivity contribution is 0.0950. The van der Waals surface area contributed by atoms with Gasteiger partial charge in [0.1, 0.15) is 5.52 Å². The fourth-order valence-corrected chi connectivity index (χ4v) is 2.08. The molecular weight excluding hydrogens is 282 g/mol. The summed E-state index contributed by atoms with van der Waals surface area (Å²) in [5, 5.41) is 2.87. The smallest absolute Gasteiger partial charge is 0.297 e. The van der Waals surface area contributed by atoms with Crippen molar-refractivity contribution >= 4 is 23.0 Å². The number of amides is 1. The van der Waals surface area contributed by atoms with E-state index in [0.717, 1.165) is 5.69 Å². The minimum atomic E-state index is -0.155. The maximum absolute atomic E-state index is 12.2. The van der Waals surface area contributed by atoms with Gasteiger partial charge in [-0.1, -0.05) is 0 Å². The quantitative estimate of drug-likeness (QED) is 0.791. The number of hydrogen-bond acceptors (Lipinski definition) is 5. The van der Waals surface area contributed by atoms with Gasteiger partial charge in [0.2, 0.25) is 0 Å². The highest BCUT2D eigenvalue weighted by atomic mass is 16.4. The first-order valence-electron chi connectivity index (χ1n) is 6.86. The van der Waals surface area contributed by atoms with Gasteiger partial charge in [0.15, 0.2) is 5.58 Å². The molecule has 0 saturated heterocycles. The zero-order valence-electron chi connectivity index (χ0n) is 12.7. The van der Waals surface area contributed by atoms with E-state index in [1.54, 1.807) is 35.6 Å². The lowest BCUT2D eigenvalue weighted by Gasteiger charge is -2.05. The number of benzene rings is 1. The minimum absolute atomic E-state index is 0.155. The Morgan fingerprint density at radius 1 is 1.41 bits per heavy atom. The van der Waals surface area contributed by atoms with E-state index < -0.39 is 0 Å². The third-order valence-corrected chi connectivity index (χ3v) is 3.37. The zero-order valence-corrected chi connectivity index (χ0v) is 12.7. The monoisotopic (exact) mass is 299 g/mol. The van der Waals surface area contributed by atoms with Crippen molar-refractivity contribution in [3.8, 4) is 0 Å². The largest absolute Gasteiger partial charge is 0.423 e. The normalized spacial score (nSPS) is 10.9. The van der Waals surface area contributed by atoms with E-state index in [-0.39, 0.29) is 5.91 Å². The van der Waals surface area contributed by atoms with Crippen molar-refractivity contribution in [1.29, 1.82) is 0 Å². The van der Waals surface area contributed by atoms with Crippen molar-refractivity contribution in [1.82, 2.24) is 19.9 Å². The molecule has 22 heavy (non-hydrogen) atoms. The van der Waals surface area contributed by atoms with Crippen LogP contribution in [0, 0.1) is 0 Å². The minimum Gasteiger partial charge on any atom is -0.423 e. The van der Waals surface area contributed by atoms with Crippen LogP contribution in [0.2, 0.25) is 0 Å². The lowest BCUT2D eigenvalue weighted by Crippen LogP contribution is -2.23. The van der Waals surface area contributed by atoms with Crippen LogP contribution in [-0.2, 0) is 13.6 Å². The van der Waals surface area contributed by atoms with Crippen LogP contribution in [0.25, 0.3) is 11.1 Å². The Morgan fingerprint density at radius 2 is 2.23 bits per heavy atom. The predicted molar refractivity (Wildman–Crippen MR) is 82.7 cm³/mol. The third kappa shape index (κ3) is 2.65. The molecule has 0 unspecified atom stereocenters. The summed E-state index contributed by atoms with van der Waals surface area (Å²) in [6.07, 6.45) is 3.43. The van der Waals surface area contributed by atoms with Crippen molar-refractivity contribution in [3.63, 3.8) is 0 Å². The SMILES string of the molecule is CN(C)c1nc2cc(C(=O)NCc3cncn3C)ccc2o1. The molecule has 0 atom stereocenters. The summed E-state index contributed by atoms with van der Waals surface area (Å²) in [5.41, 5.74) is 2.81. The Bertz CT molecular complexity index is 818. The van der Waals surface area contributed by atoms with Crippen molar-refractivity contribution < 1.29 is 9.21 Å². The first-order chi connectivity index (χ1) is 10.5. The van der Waals surface area contributed by atoms with Crippen LogP contribution in [0.1, 0.15) is 16.1 Å². The van der Waals surface area contributed by atoms with Gasteiger partial charge in [-0.3, -0.25) is 4.79 Å². The van der Waals surface area contributed by atoms with Crippen molar-refractivity contribution in [2.75, 3.05) is 19.0 Å². The second-order valence-electron chi connectivity index (χ2n) is 5.25. The number of oxazole rings is 1. The van der Waals surface area contributed by atoms with Gasteiger partial charge in [0.05, 0.1) is 18.6 Å². The van der Waals surface area contributed by atoms with Gasteiger partial charge in [-0.15, -0.1) is 0 Å². The highest BCUT2D eigenvalue weighted by Crippen LogP contribution is 2.21. The van der Waals surface area contributed by atoms with Gasteiger partial charge in [-0.05, 0) is 18.2 Å². The summed E-state index contributed by atoms with van der Waals surface area (Å²) < 4.78 is 7.44. The summed E-state index contributed by atoms with van der Waals surface area (Å²) in [5.74, 6) is -0.155. The molecule has 0 bridgehead atoms. The molecule has 0 spiro atoms. The van der Waals surface area contributed by atoms with E-state index in [1.165, 1.54) is 0 Å². The van der Waals surface area contributed by atoms with Gasteiger partial charge in [-0.25, -0.2) is 4.98 Å². The Hall–Kier alpha value is -2.83. The molecule has 2 heterocycles. The first-order valence-corrected chi connectivity index (χ1v) is 6.86. The van der Waals surface area contributed by atoms with Crippen LogP contribution in [0.15, 0.2) is 35.1 Å². The number of anilines is 1. The molecule has 0 fully saturated rings. The lowest BCUT2D eigenvalue weighted by atomic mass is 10.2. The Morgan fingerprint density at radius 3 is 2.91 bits per heavy atom. The zero-order chi connectivity index (χ0) is 15.7. The molecule has 114 valence electrons. The Kier molecular flexibility index (Phi) is 3.54. The van der Waals surface area contributed by atoms with Crippen molar-refractivity contribution in [3.05, 3.63) is 42.0 Å². The fraction of sp³-hybridized carbons (Fsp3) is 0.267. The molecule has 1 aromatic carbocycles. The number of carbonyl (C=O) groups excluding carboxylic acids is 1. The van der Waals surface area contributed by atoms with E-state index in [2.05, 4.69) is 15.3 Å². The molecule has 0 aliphatic heterocycles. The first kappa shape index (κ1) is 14.1. The van der Waals surface area contributed by atoms with E-state index in [1.807, 2.05) is 25.7 Å². The summed E-state index contributed by atoms with van der Waals surface area (Å²) in [4.78, 5) is 22.4. The number of nitrogens with zero attached hydrogens (tertiary/aromatic N) is 4. The number of aromatic nitrogens is 3. The van der Waals surface area contributed by atoms with E-state index >= 15 is 0 Å². The van der Waals surface area contributed by atoms with Crippen LogP contribution in [0.4, 0.5) is 6.01 Å². The maximum atomic E-state index is 12.2. The van der Waals surface area contributed by atoms with Crippen molar-refractivity contribution in [2.24, 2.45) is 7.05 Å². The van der Waals surface area contributed by atoms with Gasteiger partial charge >= 0.3 is 0 Å². The number of nitrogens with one attached hydrogen (secondary N) is 1. The average molecular weight is 299 g/mol. The fourth-order valence-electron chi connectivity index (χ4n) is 2.08. The molecule has 7 heteroatoms. The average Bonchev–Trinajstić information content (AvgIpc) is 3.09. The van der Waals surface area contributed by atoms with Crippen LogP contribution in [0.3, 0.4) is 0 Å². The van der Waals surface area contributed by atoms with Crippen LogP contribution in [-0.4, -0.2) is 34.5 Å². The van der Waals surface area contributed by atoms with Crippen LogP contribution in [0.5, 0.6) is 0 Å². The highest BCUT2D eigenvalue weighted by molar-refractivity contribution is 5.97. The number of rotatable bonds is 4. The molecule has 0 aliphatic carbocycles. The number of fused-ring (bicyclic) bond motifs is 1. The summed E-state index contributed by atoms with van der Waals surface area (Å²) in [6, 6.07) is 5.73. The number of imidazole rings is 1. The molecule has 7 nitrogen and oxygen atoms in total. The maximum Gasteiger partial charge on any atom is 0.297 e. The Labute approximate surface area is 127 Å². The summed E-state index contributed by atoms with van der Waals surface area (Å²) >= 11 is 0. The predicted octanol–water partition coefficient (Wildman–Crippen LogP) is 1.56. The summed E-state index contributed by atoms with van der Waals surface area (Å²) in [6.45, 7) is 0.426. The van der Waals surface area contributed by atoms with Gasteiger partial charge in [0, 0.05) is 32.9 Å². The molecular formula is C15H17N5O2. The topological polar surface area (TPSA) is 76.2 Å². The second-order valence-corrected chi connectivity index (χ2v) is 5.25. The van der Waals surface area contributed by atoms with E-state index in [4.69, 9.17) is 4.42 Å². The van der Waals surface area contributed by atoms with E-state index in [9.17, 15) is 4.79 Å². The molecule has 1 N–H and O–H groups in total. The summed E-state index contributed by atoms with van der Waals surface area (Å²) in [7, 11) is 5.59. The molecule has 1 amide bonds. The molecule has 0 aliphatic rings. The van der Waals surface area contributed by atoms with Gasteiger partial charge in [-0.2, -0.15) is 4.98 Å². The van der Waals surface area contributed by atoms with Gasteiger partial charge < -0.3 is 19.2 Å². The van der Waals surface area contributed by atoms with Crippen LogP contribution < -0.4 is 10.2 Å². The second kappa shape index (κ2) is 5.51. The number of aryl methyl sites for hydroxylation is 1. The Balaban J connectivity index is 1.77. The van der Waals surface area contributed by atoms with Crippen LogP contribution >= 0.6 is 0 Å². The molecule has 0 saturated carbocycles.